The van der Waals surface area contributed by atoms with Crippen LogP contribution in [0.2, 0.25) is 5.22 Å². The summed E-state index contributed by atoms with van der Waals surface area (Å²) in [4.78, 5) is 12.0. The molecule has 2 aromatic carbocycles. The monoisotopic (exact) mass is 286 g/mol. The molecule has 0 unspecified atom stereocenters. The molecule has 0 fully saturated rings. The second-order valence-electron chi connectivity index (χ2n) is 4.47. The van der Waals surface area contributed by atoms with Gasteiger partial charge in [-0.25, -0.2) is 4.79 Å². The summed E-state index contributed by atoms with van der Waals surface area (Å²) in [6, 6.07) is 14.4. The Bertz CT molecular complexity index is 775. The molecule has 3 nitrogen and oxygen atoms in total. The van der Waals surface area contributed by atoms with Crippen LogP contribution in [0, 0.1) is 6.92 Å². The van der Waals surface area contributed by atoms with Gasteiger partial charge in [0.15, 0.2) is 0 Å². The van der Waals surface area contributed by atoms with Crippen LogP contribution in [0.25, 0.3) is 10.8 Å². The van der Waals surface area contributed by atoms with E-state index in [1.54, 1.807) is 24.3 Å². The molecule has 0 aliphatic carbocycles. The van der Waals surface area contributed by atoms with E-state index >= 15 is 0 Å². The van der Waals surface area contributed by atoms with Gasteiger partial charge in [-0.2, -0.15) is 0 Å². The van der Waals surface area contributed by atoms with Crippen LogP contribution in [0.4, 0.5) is 0 Å². The summed E-state index contributed by atoms with van der Waals surface area (Å²) >= 11 is 6.02. The lowest BCUT2D eigenvalue weighted by molar-refractivity contribution is 0.0697. The number of aryl methyl sites for hydroxylation is 1. The Morgan fingerprint density at radius 2 is 1.85 bits per heavy atom. The number of carbonyl (C=O) groups excluding carboxylic acids is 1. The summed E-state index contributed by atoms with van der Waals surface area (Å²) in [6.45, 7) is 1.96. The van der Waals surface area contributed by atoms with E-state index in [4.69, 9.17) is 20.8 Å². The fraction of sp³-hybridized carbons (Fsp3) is 0.0625. The van der Waals surface area contributed by atoms with Crippen molar-refractivity contribution in [3.05, 3.63) is 64.9 Å². The van der Waals surface area contributed by atoms with E-state index in [-0.39, 0.29) is 11.2 Å². The molecule has 3 rings (SSSR count). The summed E-state index contributed by atoms with van der Waals surface area (Å²) < 4.78 is 10.6. The number of fused-ring (bicyclic) bond motifs is 1. The molecule has 3 aromatic rings. The molecule has 0 amide bonds. The largest absolute Gasteiger partial charge is 0.412 e. The molecule has 0 aliphatic rings. The lowest BCUT2D eigenvalue weighted by Gasteiger charge is -2.01. The van der Waals surface area contributed by atoms with Crippen LogP contribution < -0.4 is 4.74 Å². The number of carbonyl (C=O) groups is 1. The minimum Gasteiger partial charge on any atom is -0.412 e. The van der Waals surface area contributed by atoms with E-state index < -0.39 is 5.97 Å². The topological polar surface area (TPSA) is 39.4 Å². The van der Waals surface area contributed by atoms with Crippen molar-refractivity contribution in [1.29, 1.82) is 0 Å². The second kappa shape index (κ2) is 5.02. The second-order valence-corrected chi connectivity index (χ2v) is 4.81. The molecule has 20 heavy (non-hydrogen) atoms. The number of hydrogen-bond donors (Lipinski definition) is 0. The number of benzene rings is 2. The number of hydrogen-bond acceptors (Lipinski definition) is 3. The Morgan fingerprint density at radius 3 is 2.60 bits per heavy atom. The van der Waals surface area contributed by atoms with Crippen molar-refractivity contribution in [3.63, 3.8) is 0 Å². The normalized spacial score (nSPS) is 10.7. The maximum atomic E-state index is 12.0. The lowest BCUT2D eigenvalue weighted by atomic mass is 10.1. The predicted octanol–water partition coefficient (Wildman–Crippen LogP) is 4.61. The van der Waals surface area contributed by atoms with E-state index in [9.17, 15) is 4.79 Å². The van der Waals surface area contributed by atoms with Crippen LogP contribution in [-0.2, 0) is 0 Å². The highest BCUT2D eigenvalue weighted by molar-refractivity contribution is 6.34. The van der Waals surface area contributed by atoms with Gasteiger partial charge in [0, 0.05) is 5.39 Å². The quantitative estimate of drug-likeness (QED) is 0.646. The van der Waals surface area contributed by atoms with Gasteiger partial charge in [0.05, 0.1) is 10.9 Å². The third kappa shape index (κ3) is 2.28. The minimum absolute atomic E-state index is 0.124. The van der Waals surface area contributed by atoms with Gasteiger partial charge in [0.25, 0.3) is 0 Å². The first kappa shape index (κ1) is 12.8. The molecule has 0 atom stereocenters. The van der Waals surface area contributed by atoms with E-state index in [0.29, 0.717) is 10.9 Å². The highest BCUT2D eigenvalue weighted by Crippen LogP contribution is 2.36. The van der Waals surface area contributed by atoms with Gasteiger partial charge in [-0.05, 0) is 42.8 Å². The molecular formula is C16H11ClO3. The van der Waals surface area contributed by atoms with Crippen LogP contribution in [-0.4, -0.2) is 5.97 Å². The van der Waals surface area contributed by atoms with Gasteiger partial charge in [-0.3, -0.25) is 0 Å². The molecule has 1 heterocycles. The molecular weight excluding hydrogens is 276 g/mol. The minimum atomic E-state index is -0.474. The van der Waals surface area contributed by atoms with Crippen LogP contribution in [0.15, 0.2) is 52.9 Å². The Hall–Kier alpha value is -2.26. The Morgan fingerprint density at radius 1 is 1.10 bits per heavy atom. The maximum absolute atomic E-state index is 12.0. The van der Waals surface area contributed by atoms with E-state index in [1.165, 1.54) is 0 Å². The highest BCUT2D eigenvalue weighted by Gasteiger charge is 2.17. The molecule has 0 N–H and O–H groups in total. The summed E-state index contributed by atoms with van der Waals surface area (Å²) in [5.41, 5.74) is 1.52. The maximum Gasteiger partial charge on any atom is 0.345 e. The predicted molar refractivity (Wildman–Crippen MR) is 77.4 cm³/mol. The van der Waals surface area contributed by atoms with Gasteiger partial charge in [-0.1, -0.05) is 29.8 Å². The Balaban J connectivity index is 1.98. The van der Waals surface area contributed by atoms with Crippen molar-refractivity contribution in [2.75, 3.05) is 0 Å². The molecule has 100 valence electrons. The number of rotatable bonds is 2. The van der Waals surface area contributed by atoms with Gasteiger partial charge >= 0.3 is 11.9 Å². The zero-order valence-electron chi connectivity index (χ0n) is 10.7. The van der Waals surface area contributed by atoms with Gasteiger partial charge < -0.3 is 9.15 Å². The highest BCUT2D eigenvalue weighted by atomic mass is 35.5. The first-order chi connectivity index (χ1) is 9.65. The average Bonchev–Trinajstić information content (AvgIpc) is 2.76. The fourth-order valence-electron chi connectivity index (χ4n) is 1.98. The molecule has 0 aliphatic heterocycles. The van der Waals surface area contributed by atoms with Crippen LogP contribution in [0.3, 0.4) is 0 Å². The van der Waals surface area contributed by atoms with Gasteiger partial charge in [0.1, 0.15) is 0 Å². The van der Waals surface area contributed by atoms with Crippen molar-refractivity contribution < 1.29 is 13.9 Å². The van der Waals surface area contributed by atoms with E-state index in [0.717, 1.165) is 10.9 Å². The van der Waals surface area contributed by atoms with Gasteiger partial charge in [0.2, 0.25) is 5.22 Å². The zero-order valence-corrected chi connectivity index (χ0v) is 11.5. The molecule has 0 spiro atoms. The summed E-state index contributed by atoms with van der Waals surface area (Å²) in [5, 5.41) is 1.65. The fourth-order valence-corrected chi connectivity index (χ4v) is 2.21. The van der Waals surface area contributed by atoms with Gasteiger partial charge in [-0.15, -0.1) is 0 Å². The SMILES string of the molecule is Cc1ccc2c(OC(=O)c3ccccc3)oc(Cl)c2c1. The van der Waals surface area contributed by atoms with E-state index in [1.807, 2.05) is 31.2 Å². The first-order valence-corrected chi connectivity index (χ1v) is 6.49. The van der Waals surface area contributed by atoms with Crippen LogP contribution >= 0.6 is 11.6 Å². The van der Waals surface area contributed by atoms with Crippen molar-refractivity contribution >= 4 is 28.3 Å². The average molecular weight is 287 g/mol. The third-order valence-corrected chi connectivity index (χ3v) is 3.26. The van der Waals surface area contributed by atoms with Crippen LogP contribution in [0.5, 0.6) is 5.95 Å². The Labute approximate surface area is 120 Å². The molecule has 1 aromatic heterocycles. The lowest BCUT2D eigenvalue weighted by Crippen LogP contribution is -2.07. The number of halogens is 1. The summed E-state index contributed by atoms with van der Waals surface area (Å²) in [6.07, 6.45) is 0. The van der Waals surface area contributed by atoms with E-state index in [2.05, 4.69) is 0 Å². The molecule has 0 saturated carbocycles. The molecule has 0 radical (unpaired) electrons. The number of furan rings is 1. The molecule has 0 saturated heterocycles. The van der Waals surface area contributed by atoms with Crippen molar-refractivity contribution in [1.82, 2.24) is 0 Å². The van der Waals surface area contributed by atoms with Crippen molar-refractivity contribution in [2.24, 2.45) is 0 Å². The zero-order chi connectivity index (χ0) is 14.1. The molecule has 4 heteroatoms. The smallest absolute Gasteiger partial charge is 0.345 e. The molecule has 0 bridgehead atoms. The Kier molecular flexibility index (Phi) is 3.20. The summed E-state index contributed by atoms with van der Waals surface area (Å²) in [5.74, 6) is -0.350. The number of ether oxygens (including phenoxy) is 1. The van der Waals surface area contributed by atoms with Crippen molar-refractivity contribution in [2.45, 2.75) is 6.92 Å². The standard InChI is InChI=1S/C16H11ClO3/c1-10-7-8-12-13(9-10)14(17)19-16(12)20-15(18)11-5-3-2-4-6-11/h2-9H,1H3. The summed E-state index contributed by atoms with van der Waals surface area (Å²) in [7, 11) is 0. The van der Waals surface area contributed by atoms with Crippen molar-refractivity contribution in [3.8, 4) is 5.95 Å². The number of esters is 1. The first-order valence-electron chi connectivity index (χ1n) is 6.11. The van der Waals surface area contributed by atoms with Crippen LogP contribution in [0.1, 0.15) is 15.9 Å². The third-order valence-electron chi connectivity index (χ3n) is 2.98.